The van der Waals surface area contributed by atoms with E-state index in [0.29, 0.717) is 35.7 Å². The molecule has 0 unspecified atom stereocenters. The van der Waals surface area contributed by atoms with Crippen LogP contribution in [0.5, 0.6) is 11.5 Å². The molecule has 158 valence electrons. The first-order valence-electron chi connectivity index (χ1n) is 9.75. The van der Waals surface area contributed by atoms with Crippen LogP contribution in [-0.2, 0) is 6.54 Å². The van der Waals surface area contributed by atoms with E-state index in [1.165, 1.54) is 12.1 Å². The van der Waals surface area contributed by atoms with Gasteiger partial charge in [-0.3, -0.25) is 4.79 Å². The zero-order chi connectivity index (χ0) is 22.4. The van der Waals surface area contributed by atoms with E-state index in [1.807, 2.05) is 13.8 Å². The van der Waals surface area contributed by atoms with E-state index >= 15 is 0 Å². The molecule has 0 radical (unpaired) electrons. The van der Waals surface area contributed by atoms with Crippen LogP contribution in [-0.4, -0.2) is 28.7 Å². The van der Waals surface area contributed by atoms with Crippen molar-refractivity contribution in [1.29, 1.82) is 0 Å². The first-order chi connectivity index (χ1) is 15.0. The maximum absolute atomic E-state index is 12.9. The van der Waals surface area contributed by atoms with Crippen molar-refractivity contribution in [1.82, 2.24) is 9.55 Å². The summed E-state index contributed by atoms with van der Waals surface area (Å²) in [4.78, 5) is 28.4. The minimum atomic E-state index is -1.30. The number of aryl methyl sites for hydroxylation is 1. The highest BCUT2D eigenvalue weighted by Crippen LogP contribution is 2.29. The summed E-state index contributed by atoms with van der Waals surface area (Å²) < 4.78 is 12.6. The van der Waals surface area contributed by atoms with Crippen molar-refractivity contribution in [2.24, 2.45) is 0 Å². The molecule has 0 fully saturated rings. The number of carboxylic acids is 1. The van der Waals surface area contributed by atoms with Gasteiger partial charge in [0.25, 0.3) is 5.56 Å². The molecule has 0 N–H and O–H groups in total. The van der Waals surface area contributed by atoms with Crippen LogP contribution < -0.4 is 20.1 Å². The van der Waals surface area contributed by atoms with Crippen molar-refractivity contribution in [2.45, 2.75) is 20.4 Å². The quantitative estimate of drug-likeness (QED) is 0.523. The van der Waals surface area contributed by atoms with Crippen LogP contribution in [0.3, 0.4) is 0 Å². The van der Waals surface area contributed by atoms with Gasteiger partial charge in [-0.25, -0.2) is 4.98 Å². The third-order valence-electron chi connectivity index (χ3n) is 4.54. The number of carbonyl (C=O) groups excluding carboxylic acids is 1. The molecule has 0 aliphatic carbocycles. The Bertz CT molecular complexity index is 1250. The Morgan fingerprint density at radius 1 is 1.16 bits per heavy atom. The SMILES string of the molecule is C#CCOc1ccc(/C=C/c2nc3cc(C(=O)[O-])ccc3n(CC)c2=O)cc1OCC. The highest BCUT2D eigenvalue weighted by molar-refractivity contribution is 5.91. The first kappa shape index (κ1) is 21.7. The zero-order valence-corrected chi connectivity index (χ0v) is 17.3. The van der Waals surface area contributed by atoms with Gasteiger partial charge in [0.1, 0.15) is 12.3 Å². The Morgan fingerprint density at radius 2 is 1.97 bits per heavy atom. The number of aromatic carboxylic acids is 1. The second-order valence-corrected chi connectivity index (χ2v) is 6.50. The lowest BCUT2D eigenvalue weighted by Crippen LogP contribution is -2.25. The van der Waals surface area contributed by atoms with Gasteiger partial charge in [-0.15, -0.1) is 6.42 Å². The number of benzene rings is 2. The molecule has 0 spiro atoms. The third-order valence-corrected chi connectivity index (χ3v) is 4.54. The van der Waals surface area contributed by atoms with Crippen molar-refractivity contribution in [3.63, 3.8) is 0 Å². The van der Waals surface area contributed by atoms with Crippen LogP contribution in [0.1, 0.15) is 35.5 Å². The van der Waals surface area contributed by atoms with E-state index in [4.69, 9.17) is 15.9 Å². The molecule has 0 aliphatic heterocycles. The monoisotopic (exact) mass is 417 g/mol. The summed E-state index contributed by atoms with van der Waals surface area (Å²) in [5.74, 6) is 2.18. The van der Waals surface area contributed by atoms with Crippen LogP contribution in [0.4, 0.5) is 0 Å². The maximum atomic E-state index is 12.9. The lowest BCUT2D eigenvalue weighted by atomic mass is 10.1. The summed E-state index contributed by atoms with van der Waals surface area (Å²) in [6.45, 7) is 4.69. The smallest absolute Gasteiger partial charge is 0.276 e. The minimum absolute atomic E-state index is 0.000135. The van der Waals surface area contributed by atoms with Gasteiger partial charge in [0.2, 0.25) is 0 Å². The summed E-state index contributed by atoms with van der Waals surface area (Å²) in [5, 5.41) is 11.2. The second kappa shape index (κ2) is 9.63. The zero-order valence-electron chi connectivity index (χ0n) is 17.3. The van der Waals surface area contributed by atoms with Gasteiger partial charge in [-0.05, 0) is 55.3 Å². The number of nitrogens with zero attached hydrogens (tertiary/aromatic N) is 2. The van der Waals surface area contributed by atoms with Gasteiger partial charge in [0.05, 0.1) is 23.6 Å². The standard InChI is InChI=1S/C24H22N2O5/c1-4-13-31-21-12-8-16(14-22(21)30-6-3)7-10-18-23(27)26(5-2)20-11-9-17(24(28)29)15-19(20)25-18/h1,7-12,14-15H,5-6,13H2,2-3H3,(H,28,29)/p-1/b10-7+. The van der Waals surface area contributed by atoms with Gasteiger partial charge < -0.3 is 23.9 Å². The summed E-state index contributed by atoms with van der Waals surface area (Å²) in [5.41, 5.74) is 1.64. The van der Waals surface area contributed by atoms with Crippen LogP contribution in [0.25, 0.3) is 23.2 Å². The predicted molar refractivity (Wildman–Crippen MR) is 117 cm³/mol. The lowest BCUT2D eigenvalue weighted by molar-refractivity contribution is -0.255. The number of fused-ring (bicyclic) bond motifs is 1. The van der Waals surface area contributed by atoms with Crippen LogP contribution in [0.15, 0.2) is 41.2 Å². The summed E-state index contributed by atoms with van der Waals surface area (Å²) in [6.07, 6.45) is 8.56. The molecule has 31 heavy (non-hydrogen) atoms. The number of hydrogen-bond donors (Lipinski definition) is 0. The fourth-order valence-electron chi connectivity index (χ4n) is 3.13. The molecule has 2 aromatic carbocycles. The van der Waals surface area contributed by atoms with Crippen LogP contribution >= 0.6 is 0 Å². The molecule has 1 heterocycles. The average molecular weight is 417 g/mol. The number of carboxylic acid groups (broad SMARTS) is 1. The van der Waals surface area contributed by atoms with E-state index in [1.54, 1.807) is 41.0 Å². The van der Waals surface area contributed by atoms with E-state index in [9.17, 15) is 14.7 Å². The number of ether oxygens (including phenoxy) is 2. The Labute approximate surface area is 179 Å². The molecule has 7 nitrogen and oxygen atoms in total. The van der Waals surface area contributed by atoms with Crippen LogP contribution in [0.2, 0.25) is 0 Å². The number of terminal acetylenes is 1. The first-order valence-corrected chi connectivity index (χ1v) is 9.75. The average Bonchev–Trinajstić information content (AvgIpc) is 2.77. The molecule has 0 saturated carbocycles. The van der Waals surface area contributed by atoms with Gasteiger partial charge in [-0.1, -0.05) is 24.1 Å². The number of aromatic nitrogens is 2. The number of carbonyl (C=O) groups is 1. The Morgan fingerprint density at radius 3 is 2.65 bits per heavy atom. The molecule has 1 aromatic heterocycles. The molecule has 3 rings (SSSR count). The normalized spacial score (nSPS) is 10.9. The van der Waals surface area contributed by atoms with Crippen molar-refractivity contribution in [3.8, 4) is 23.8 Å². The molecule has 0 bridgehead atoms. The van der Waals surface area contributed by atoms with E-state index in [2.05, 4.69) is 10.9 Å². The van der Waals surface area contributed by atoms with E-state index in [0.717, 1.165) is 5.56 Å². The molecule has 0 amide bonds. The fraction of sp³-hybridized carbons (Fsp3) is 0.208. The molecular formula is C24H21N2O5-. The van der Waals surface area contributed by atoms with Crippen molar-refractivity contribution >= 4 is 29.2 Å². The molecule has 0 atom stereocenters. The number of rotatable bonds is 8. The minimum Gasteiger partial charge on any atom is -0.545 e. The molecule has 0 aliphatic rings. The fourth-order valence-corrected chi connectivity index (χ4v) is 3.13. The van der Waals surface area contributed by atoms with E-state index in [-0.39, 0.29) is 23.4 Å². The van der Waals surface area contributed by atoms with Gasteiger partial charge in [0.15, 0.2) is 11.5 Å². The second-order valence-electron chi connectivity index (χ2n) is 6.50. The molecule has 0 saturated heterocycles. The van der Waals surface area contributed by atoms with Gasteiger partial charge >= 0.3 is 0 Å². The Hall–Kier alpha value is -4.05. The summed E-state index contributed by atoms with van der Waals surface area (Å²) in [6, 6.07) is 9.69. The molecule has 7 heteroatoms. The topological polar surface area (TPSA) is 93.5 Å². The van der Waals surface area contributed by atoms with Crippen molar-refractivity contribution < 1.29 is 19.4 Å². The third kappa shape index (κ3) is 4.75. The summed E-state index contributed by atoms with van der Waals surface area (Å²) >= 11 is 0. The predicted octanol–water partition coefficient (Wildman–Crippen LogP) is 2.36. The van der Waals surface area contributed by atoms with E-state index < -0.39 is 5.97 Å². The highest BCUT2D eigenvalue weighted by Gasteiger charge is 2.10. The molecular weight excluding hydrogens is 396 g/mol. The van der Waals surface area contributed by atoms with Crippen LogP contribution in [0, 0.1) is 12.3 Å². The Balaban J connectivity index is 2.03. The lowest BCUT2D eigenvalue weighted by Gasteiger charge is -2.11. The molecule has 3 aromatic rings. The van der Waals surface area contributed by atoms with Crippen molar-refractivity contribution in [2.75, 3.05) is 13.2 Å². The van der Waals surface area contributed by atoms with Gasteiger partial charge in [0, 0.05) is 6.54 Å². The highest BCUT2D eigenvalue weighted by atomic mass is 16.5. The maximum Gasteiger partial charge on any atom is 0.276 e. The number of hydrogen-bond acceptors (Lipinski definition) is 6. The Kier molecular flexibility index (Phi) is 6.73. The largest absolute Gasteiger partial charge is 0.545 e. The summed E-state index contributed by atoms with van der Waals surface area (Å²) in [7, 11) is 0. The van der Waals surface area contributed by atoms with Crippen molar-refractivity contribution in [3.05, 3.63) is 63.6 Å². The van der Waals surface area contributed by atoms with Gasteiger partial charge in [-0.2, -0.15) is 0 Å².